The van der Waals surface area contributed by atoms with Gasteiger partial charge in [0.15, 0.2) is 10.1 Å². The predicted octanol–water partition coefficient (Wildman–Crippen LogP) is 3.97. The third-order valence-electron chi connectivity index (χ3n) is 3.06. The van der Waals surface area contributed by atoms with Gasteiger partial charge in [-0.05, 0) is 18.2 Å². The van der Waals surface area contributed by atoms with E-state index in [-0.39, 0.29) is 5.91 Å². The van der Waals surface area contributed by atoms with Crippen LogP contribution < -0.4 is 5.32 Å². The molecule has 2 aromatic heterocycles. The highest BCUT2D eigenvalue weighted by atomic mass is 35.5. The second kappa shape index (κ2) is 7.68. The molecule has 0 aliphatic rings. The zero-order valence-corrected chi connectivity index (χ0v) is 14.5. The van der Waals surface area contributed by atoms with E-state index in [2.05, 4.69) is 22.4 Å². The Labute approximate surface area is 147 Å². The van der Waals surface area contributed by atoms with E-state index < -0.39 is 0 Å². The van der Waals surface area contributed by atoms with Crippen molar-refractivity contribution in [2.75, 3.05) is 12.3 Å². The number of aromatic nitrogens is 2. The highest BCUT2D eigenvalue weighted by molar-refractivity contribution is 7.99. The first-order chi connectivity index (χ1) is 11.2. The van der Waals surface area contributed by atoms with Crippen LogP contribution in [0.15, 0.2) is 52.9 Å². The normalized spacial score (nSPS) is 11.3. The summed E-state index contributed by atoms with van der Waals surface area (Å²) in [5.41, 5.74) is 0.719. The van der Waals surface area contributed by atoms with E-state index in [4.69, 9.17) is 11.6 Å². The number of carbonyl (C=O) groups is 1. The molecule has 0 fully saturated rings. The molecular weight excluding hydrogens is 350 g/mol. The molecule has 23 heavy (non-hydrogen) atoms. The number of fused-ring (bicyclic) bond motifs is 1. The molecule has 0 saturated carbocycles. The van der Waals surface area contributed by atoms with Crippen LogP contribution in [0.2, 0.25) is 5.15 Å². The smallest absolute Gasteiger partial charge is 0.244 e. The number of thioether (sulfide) groups is 1. The first-order valence-corrected chi connectivity index (χ1v) is 9.23. The van der Waals surface area contributed by atoms with Crippen molar-refractivity contribution in [2.24, 2.45) is 0 Å². The largest absolute Gasteiger partial charge is 0.352 e. The molecule has 0 saturated heterocycles. The van der Waals surface area contributed by atoms with Crippen molar-refractivity contribution in [1.29, 1.82) is 0 Å². The summed E-state index contributed by atoms with van der Waals surface area (Å²) >= 11 is 9.29. The van der Waals surface area contributed by atoms with Crippen molar-refractivity contribution >= 4 is 51.6 Å². The van der Waals surface area contributed by atoms with Crippen molar-refractivity contribution in [2.45, 2.75) is 4.90 Å². The van der Waals surface area contributed by atoms with E-state index >= 15 is 0 Å². The Hall–Kier alpha value is -1.76. The second-order valence-electron chi connectivity index (χ2n) is 4.63. The average molecular weight is 364 g/mol. The van der Waals surface area contributed by atoms with Crippen LogP contribution in [0, 0.1) is 0 Å². The topological polar surface area (TPSA) is 46.4 Å². The van der Waals surface area contributed by atoms with Gasteiger partial charge in [-0.25, -0.2) is 4.98 Å². The summed E-state index contributed by atoms with van der Waals surface area (Å²) in [7, 11) is 0. The Bertz CT molecular complexity index is 826. The minimum absolute atomic E-state index is 0.139. The molecule has 1 aromatic carbocycles. The number of hydrogen-bond acceptors (Lipinski definition) is 4. The number of hydrogen-bond donors (Lipinski definition) is 1. The molecule has 118 valence electrons. The Morgan fingerprint density at radius 1 is 1.39 bits per heavy atom. The molecule has 0 radical (unpaired) electrons. The van der Waals surface area contributed by atoms with Gasteiger partial charge in [0.25, 0.3) is 0 Å². The Balaban J connectivity index is 1.49. The van der Waals surface area contributed by atoms with Crippen molar-refractivity contribution in [1.82, 2.24) is 14.7 Å². The standard InChI is InChI=1S/C16H14ClN3OS2/c17-15-13(20-9-11-23-16(20)19-15)6-7-14(21)18-8-10-22-12-4-2-1-3-5-12/h1-7,9,11H,8,10H2,(H,18,21)/b7-6+. The number of amides is 1. The third kappa shape index (κ3) is 4.16. The lowest BCUT2D eigenvalue weighted by Crippen LogP contribution is -2.23. The quantitative estimate of drug-likeness (QED) is 0.409. The number of rotatable bonds is 6. The molecule has 0 aliphatic carbocycles. The summed E-state index contributed by atoms with van der Waals surface area (Å²) in [6.45, 7) is 0.608. The van der Waals surface area contributed by atoms with Gasteiger partial charge in [-0.15, -0.1) is 23.1 Å². The van der Waals surface area contributed by atoms with Gasteiger partial charge in [-0.3, -0.25) is 9.20 Å². The van der Waals surface area contributed by atoms with Gasteiger partial charge >= 0.3 is 0 Å². The van der Waals surface area contributed by atoms with Crippen molar-refractivity contribution in [3.8, 4) is 0 Å². The van der Waals surface area contributed by atoms with Gasteiger partial charge in [0.05, 0.1) is 5.69 Å². The molecule has 0 aliphatic heterocycles. The van der Waals surface area contributed by atoms with Crippen LogP contribution in [0.5, 0.6) is 0 Å². The fourth-order valence-corrected chi connectivity index (χ4v) is 3.79. The minimum Gasteiger partial charge on any atom is -0.352 e. The monoisotopic (exact) mass is 363 g/mol. The molecule has 0 bridgehead atoms. The lowest BCUT2D eigenvalue weighted by atomic mass is 10.4. The summed E-state index contributed by atoms with van der Waals surface area (Å²) in [5, 5.41) is 5.19. The summed E-state index contributed by atoms with van der Waals surface area (Å²) in [6, 6.07) is 10.1. The Kier molecular flexibility index (Phi) is 5.38. The molecule has 3 rings (SSSR count). The first-order valence-electron chi connectivity index (χ1n) is 6.99. The maximum Gasteiger partial charge on any atom is 0.244 e. The number of nitrogens with zero attached hydrogens (tertiary/aromatic N) is 2. The van der Waals surface area contributed by atoms with Gasteiger partial charge in [0.1, 0.15) is 0 Å². The van der Waals surface area contributed by atoms with Gasteiger partial charge in [-0.1, -0.05) is 29.8 Å². The molecule has 1 N–H and O–H groups in total. The Morgan fingerprint density at radius 2 is 2.22 bits per heavy atom. The fraction of sp³-hybridized carbons (Fsp3) is 0.125. The SMILES string of the molecule is O=C(/C=C/c1c(Cl)nc2sccn12)NCCSc1ccccc1. The highest BCUT2D eigenvalue weighted by Crippen LogP contribution is 2.22. The van der Waals surface area contributed by atoms with Crippen LogP contribution in [0.25, 0.3) is 11.0 Å². The van der Waals surface area contributed by atoms with Crippen molar-refractivity contribution in [3.05, 3.63) is 58.8 Å². The summed E-state index contributed by atoms with van der Waals surface area (Å²) in [5.74, 6) is 0.686. The van der Waals surface area contributed by atoms with Crippen molar-refractivity contribution in [3.63, 3.8) is 0 Å². The zero-order valence-electron chi connectivity index (χ0n) is 12.1. The molecule has 3 aromatic rings. The highest BCUT2D eigenvalue weighted by Gasteiger charge is 2.08. The lowest BCUT2D eigenvalue weighted by Gasteiger charge is -2.02. The molecule has 0 spiro atoms. The number of carbonyl (C=O) groups excluding carboxylic acids is 1. The van der Waals surface area contributed by atoms with Crippen molar-refractivity contribution < 1.29 is 4.79 Å². The van der Waals surface area contributed by atoms with Gasteiger partial charge < -0.3 is 5.32 Å². The van der Waals surface area contributed by atoms with Gasteiger partial charge in [-0.2, -0.15) is 0 Å². The van der Waals surface area contributed by atoms with Gasteiger partial charge in [0, 0.05) is 34.8 Å². The van der Waals surface area contributed by atoms with E-state index in [9.17, 15) is 4.79 Å². The first kappa shape index (κ1) is 16.1. The summed E-state index contributed by atoms with van der Waals surface area (Å²) in [6.07, 6.45) is 5.06. The van der Waals surface area contributed by atoms with Crippen LogP contribution in [0.1, 0.15) is 5.69 Å². The van der Waals surface area contributed by atoms with Gasteiger partial charge in [0.2, 0.25) is 5.91 Å². The maximum absolute atomic E-state index is 11.9. The summed E-state index contributed by atoms with van der Waals surface area (Å²) < 4.78 is 1.86. The van der Waals surface area contributed by atoms with Crippen LogP contribution in [-0.4, -0.2) is 27.6 Å². The molecular formula is C16H14ClN3OS2. The molecule has 0 atom stereocenters. The third-order valence-corrected chi connectivity index (χ3v) is 5.11. The van der Waals surface area contributed by atoms with Crippen LogP contribution >= 0.6 is 34.7 Å². The predicted molar refractivity (Wildman–Crippen MR) is 97.3 cm³/mol. The minimum atomic E-state index is -0.139. The summed E-state index contributed by atoms with van der Waals surface area (Å²) in [4.78, 5) is 18.1. The molecule has 7 heteroatoms. The number of thiazole rings is 1. The number of imidazole rings is 1. The molecule has 1 amide bonds. The molecule has 4 nitrogen and oxygen atoms in total. The van der Waals surface area contributed by atoms with E-state index in [1.807, 2.05) is 34.2 Å². The van der Waals surface area contributed by atoms with Crippen LogP contribution in [0.3, 0.4) is 0 Å². The van der Waals surface area contributed by atoms with E-state index in [1.54, 1.807) is 17.8 Å². The zero-order chi connectivity index (χ0) is 16.1. The Morgan fingerprint density at radius 3 is 3.04 bits per heavy atom. The van der Waals surface area contributed by atoms with Crippen LogP contribution in [-0.2, 0) is 4.79 Å². The number of nitrogens with one attached hydrogen (secondary N) is 1. The molecule has 0 unspecified atom stereocenters. The average Bonchev–Trinajstić information content (AvgIpc) is 3.11. The maximum atomic E-state index is 11.9. The van der Waals surface area contributed by atoms with E-state index in [0.29, 0.717) is 11.7 Å². The number of halogens is 1. The number of benzene rings is 1. The van der Waals surface area contributed by atoms with E-state index in [1.165, 1.54) is 22.3 Å². The van der Waals surface area contributed by atoms with E-state index in [0.717, 1.165) is 16.4 Å². The second-order valence-corrected chi connectivity index (χ2v) is 7.03. The van der Waals surface area contributed by atoms with Crippen LogP contribution in [0.4, 0.5) is 0 Å². The molecule has 2 heterocycles. The lowest BCUT2D eigenvalue weighted by molar-refractivity contribution is -0.116. The fourth-order valence-electron chi connectivity index (χ4n) is 2.00.